The number of benzene rings is 2. The Bertz CT molecular complexity index is 817. The largest absolute Gasteiger partial charge is 0.481 e. The first-order chi connectivity index (χ1) is 13.3. The smallest absolute Gasteiger partial charge is 0.265 e. The molecule has 2 rings (SSSR count). The standard InChI is InChI=1S/C23H30N2O3/c1-6-16(4)24-23(27)19-12-7-9-13-20(19)25-22(26)17(5)28-21-14-10-8-11-18(21)15(2)3/h7-17H,6H2,1-5H3,(H,24,27)(H,25,26)/t16-,17-/m1/s1. The van der Waals surface area contributed by atoms with Crippen LogP contribution in [0.3, 0.4) is 0 Å². The van der Waals surface area contributed by atoms with Gasteiger partial charge in [-0.3, -0.25) is 9.59 Å². The van der Waals surface area contributed by atoms with Gasteiger partial charge in [-0.1, -0.05) is 51.1 Å². The molecule has 0 saturated carbocycles. The summed E-state index contributed by atoms with van der Waals surface area (Å²) in [6.07, 6.45) is 0.131. The maximum absolute atomic E-state index is 12.7. The molecule has 0 fully saturated rings. The quantitative estimate of drug-likeness (QED) is 0.693. The zero-order valence-corrected chi connectivity index (χ0v) is 17.3. The van der Waals surface area contributed by atoms with E-state index in [0.29, 0.717) is 17.0 Å². The second-order valence-electron chi connectivity index (χ2n) is 7.27. The minimum Gasteiger partial charge on any atom is -0.481 e. The molecule has 150 valence electrons. The maximum Gasteiger partial charge on any atom is 0.265 e. The summed E-state index contributed by atoms with van der Waals surface area (Å²) in [7, 11) is 0. The first-order valence-corrected chi connectivity index (χ1v) is 9.79. The third kappa shape index (κ3) is 5.59. The number of hydrogen-bond donors (Lipinski definition) is 2. The van der Waals surface area contributed by atoms with Crippen LogP contribution >= 0.6 is 0 Å². The molecule has 0 saturated heterocycles. The van der Waals surface area contributed by atoms with Gasteiger partial charge in [-0.2, -0.15) is 0 Å². The van der Waals surface area contributed by atoms with Crippen LogP contribution in [0.5, 0.6) is 5.75 Å². The van der Waals surface area contributed by atoms with Crippen molar-refractivity contribution in [2.45, 2.75) is 59.1 Å². The molecule has 0 aliphatic carbocycles. The highest BCUT2D eigenvalue weighted by molar-refractivity contribution is 6.04. The molecule has 0 spiro atoms. The van der Waals surface area contributed by atoms with E-state index in [1.807, 2.05) is 38.1 Å². The Hall–Kier alpha value is -2.82. The molecule has 2 amide bonds. The van der Waals surface area contributed by atoms with Gasteiger partial charge in [0.2, 0.25) is 0 Å². The molecule has 2 atom stereocenters. The number of hydrogen-bond acceptors (Lipinski definition) is 3. The van der Waals surface area contributed by atoms with E-state index in [4.69, 9.17) is 4.74 Å². The van der Waals surface area contributed by atoms with Crippen molar-refractivity contribution in [2.75, 3.05) is 5.32 Å². The van der Waals surface area contributed by atoms with Crippen LogP contribution in [0.4, 0.5) is 5.69 Å². The van der Waals surface area contributed by atoms with E-state index in [2.05, 4.69) is 24.5 Å². The summed E-state index contributed by atoms with van der Waals surface area (Å²) in [6, 6.07) is 14.8. The van der Waals surface area contributed by atoms with Crippen LogP contribution < -0.4 is 15.4 Å². The molecule has 0 aliphatic rings. The number of para-hydroxylation sites is 2. The number of nitrogens with one attached hydrogen (secondary N) is 2. The Morgan fingerprint density at radius 1 is 0.964 bits per heavy atom. The third-order valence-corrected chi connectivity index (χ3v) is 4.63. The van der Waals surface area contributed by atoms with Crippen molar-refractivity contribution in [3.63, 3.8) is 0 Å². The Balaban J connectivity index is 2.12. The van der Waals surface area contributed by atoms with Gasteiger partial charge in [-0.15, -0.1) is 0 Å². The Kier molecular flexibility index (Phi) is 7.61. The van der Waals surface area contributed by atoms with E-state index in [9.17, 15) is 9.59 Å². The first-order valence-electron chi connectivity index (χ1n) is 9.79. The molecule has 2 N–H and O–H groups in total. The molecule has 0 unspecified atom stereocenters. The summed E-state index contributed by atoms with van der Waals surface area (Å²) in [5.41, 5.74) is 1.96. The molecule has 0 bridgehead atoms. The van der Waals surface area contributed by atoms with Crippen molar-refractivity contribution in [2.24, 2.45) is 0 Å². The summed E-state index contributed by atoms with van der Waals surface area (Å²) in [4.78, 5) is 25.2. The molecule has 0 heterocycles. The van der Waals surface area contributed by atoms with Gasteiger partial charge in [0.25, 0.3) is 11.8 Å². The van der Waals surface area contributed by atoms with Crippen molar-refractivity contribution >= 4 is 17.5 Å². The van der Waals surface area contributed by atoms with E-state index in [1.165, 1.54) is 0 Å². The second-order valence-corrected chi connectivity index (χ2v) is 7.27. The van der Waals surface area contributed by atoms with Gasteiger partial charge >= 0.3 is 0 Å². The topological polar surface area (TPSA) is 67.4 Å². The van der Waals surface area contributed by atoms with E-state index in [0.717, 1.165) is 12.0 Å². The highest BCUT2D eigenvalue weighted by Gasteiger charge is 2.20. The Morgan fingerprint density at radius 2 is 1.61 bits per heavy atom. The van der Waals surface area contributed by atoms with Crippen molar-refractivity contribution in [3.8, 4) is 5.75 Å². The number of amides is 2. The monoisotopic (exact) mass is 382 g/mol. The van der Waals surface area contributed by atoms with Crippen LogP contribution in [0.25, 0.3) is 0 Å². The molecular weight excluding hydrogens is 352 g/mol. The van der Waals surface area contributed by atoms with Gasteiger partial charge in [0.15, 0.2) is 6.10 Å². The lowest BCUT2D eigenvalue weighted by atomic mass is 10.0. The van der Waals surface area contributed by atoms with Gasteiger partial charge in [-0.05, 0) is 49.9 Å². The Morgan fingerprint density at radius 3 is 2.29 bits per heavy atom. The van der Waals surface area contributed by atoms with Crippen LogP contribution in [0, 0.1) is 0 Å². The van der Waals surface area contributed by atoms with Crippen molar-refractivity contribution in [1.82, 2.24) is 5.32 Å². The lowest BCUT2D eigenvalue weighted by Crippen LogP contribution is -2.34. The van der Waals surface area contributed by atoms with Crippen molar-refractivity contribution in [3.05, 3.63) is 59.7 Å². The van der Waals surface area contributed by atoms with Crippen LogP contribution in [-0.4, -0.2) is 24.0 Å². The predicted octanol–water partition coefficient (Wildman–Crippen LogP) is 4.74. The lowest BCUT2D eigenvalue weighted by Gasteiger charge is -2.19. The third-order valence-electron chi connectivity index (χ3n) is 4.63. The predicted molar refractivity (Wildman–Crippen MR) is 113 cm³/mol. The Labute approximate surface area is 167 Å². The van der Waals surface area contributed by atoms with E-state index >= 15 is 0 Å². The normalized spacial score (nSPS) is 12.9. The highest BCUT2D eigenvalue weighted by atomic mass is 16.5. The lowest BCUT2D eigenvalue weighted by molar-refractivity contribution is -0.122. The average molecular weight is 383 g/mol. The van der Waals surface area contributed by atoms with Crippen LogP contribution in [0.15, 0.2) is 48.5 Å². The minimum atomic E-state index is -0.703. The van der Waals surface area contributed by atoms with Gasteiger partial charge in [0.1, 0.15) is 5.75 Å². The number of rotatable bonds is 8. The molecule has 0 aromatic heterocycles. The molecule has 5 heteroatoms. The summed E-state index contributed by atoms with van der Waals surface area (Å²) < 4.78 is 5.91. The molecular formula is C23H30N2O3. The molecule has 28 heavy (non-hydrogen) atoms. The molecule has 2 aromatic carbocycles. The number of anilines is 1. The zero-order valence-electron chi connectivity index (χ0n) is 17.3. The number of ether oxygens (including phenoxy) is 1. The average Bonchev–Trinajstić information content (AvgIpc) is 2.68. The fraction of sp³-hybridized carbons (Fsp3) is 0.391. The van der Waals surface area contributed by atoms with Crippen LogP contribution in [0.1, 0.15) is 62.9 Å². The van der Waals surface area contributed by atoms with E-state index in [1.54, 1.807) is 31.2 Å². The van der Waals surface area contributed by atoms with Crippen molar-refractivity contribution < 1.29 is 14.3 Å². The summed E-state index contributed by atoms with van der Waals surface area (Å²) in [6.45, 7) is 9.82. The first kappa shape index (κ1) is 21.5. The van der Waals surface area contributed by atoms with Gasteiger partial charge in [0, 0.05) is 6.04 Å². The van der Waals surface area contributed by atoms with Crippen LogP contribution in [0.2, 0.25) is 0 Å². The van der Waals surface area contributed by atoms with E-state index in [-0.39, 0.29) is 23.8 Å². The molecule has 5 nitrogen and oxygen atoms in total. The van der Waals surface area contributed by atoms with Gasteiger partial charge < -0.3 is 15.4 Å². The number of carbonyl (C=O) groups excluding carboxylic acids is 2. The highest BCUT2D eigenvalue weighted by Crippen LogP contribution is 2.27. The minimum absolute atomic E-state index is 0.0612. The summed E-state index contributed by atoms with van der Waals surface area (Å²) in [5.74, 6) is 0.478. The van der Waals surface area contributed by atoms with E-state index < -0.39 is 6.10 Å². The fourth-order valence-corrected chi connectivity index (χ4v) is 2.74. The van der Waals surface area contributed by atoms with Gasteiger partial charge in [-0.25, -0.2) is 0 Å². The fourth-order valence-electron chi connectivity index (χ4n) is 2.74. The number of carbonyl (C=O) groups is 2. The SMILES string of the molecule is CC[C@@H](C)NC(=O)c1ccccc1NC(=O)[C@@H](C)Oc1ccccc1C(C)C. The zero-order chi connectivity index (χ0) is 20.7. The maximum atomic E-state index is 12.7. The summed E-state index contributed by atoms with van der Waals surface area (Å²) in [5, 5.41) is 5.75. The van der Waals surface area contributed by atoms with Gasteiger partial charge in [0.05, 0.1) is 11.3 Å². The molecule has 2 aromatic rings. The second kappa shape index (κ2) is 9.93. The summed E-state index contributed by atoms with van der Waals surface area (Å²) >= 11 is 0. The van der Waals surface area contributed by atoms with Crippen molar-refractivity contribution in [1.29, 1.82) is 0 Å². The van der Waals surface area contributed by atoms with Crippen LogP contribution in [-0.2, 0) is 4.79 Å². The molecule has 0 radical (unpaired) electrons. The molecule has 0 aliphatic heterocycles.